The van der Waals surface area contributed by atoms with E-state index in [0.717, 1.165) is 5.56 Å². The van der Waals surface area contributed by atoms with Crippen molar-refractivity contribution in [2.24, 2.45) is 0 Å². The number of carbonyl (C=O) groups excluding carboxylic acids is 2. The lowest BCUT2D eigenvalue weighted by atomic mass is 10.1. The van der Waals surface area contributed by atoms with Crippen molar-refractivity contribution < 1.29 is 14.3 Å². The molecule has 0 fully saturated rings. The molecular weight excluding hydrogens is 399 g/mol. The van der Waals surface area contributed by atoms with Crippen molar-refractivity contribution in [3.05, 3.63) is 65.7 Å². The van der Waals surface area contributed by atoms with Crippen LogP contribution in [0.25, 0.3) is 0 Å². The molecule has 5 nitrogen and oxygen atoms in total. The van der Waals surface area contributed by atoms with Gasteiger partial charge in [0, 0.05) is 0 Å². The average molecular weight is 416 g/mol. The number of ether oxygens (including phenoxy) is 1. The Bertz CT molecular complexity index is 764. The fourth-order valence-corrected chi connectivity index (χ4v) is 2.57. The fraction of sp³-hybridized carbons (Fsp3) is 0.222. The van der Waals surface area contributed by atoms with Crippen LogP contribution in [0.2, 0.25) is 0 Å². The van der Waals surface area contributed by atoms with Crippen LogP contribution in [0.4, 0.5) is 5.69 Å². The third-order valence-electron chi connectivity index (χ3n) is 3.47. The number of benzene rings is 2. The summed E-state index contributed by atoms with van der Waals surface area (Å²) in [5.74, 6) is -0.887. The Morgan fingerprint density at radius 3 is 2.27 bits per heavy atom. The largest absolute Gasteiger partial charge is 0.465 e. The van der Waals surface area contributed by atoms with E-state index in [-0.39, 0.29) is 17.9 Å². The number of hydrogen-bond donors (Lipinski definition) is 2. The number of nitrogens with one attached hydrogen (secondary N) is 2. The monoisotopic (exact) mass is 414 g/mol. The number of methoxy groups -OCH3 is 1. The molecule has 2 aromatic carbocycles. The van der Waals surface area contributed by atoms with Gasteiger partial charge in [-0.15, -0.1) is 0 Å². The smallest absolute Gasteiger partial charge is 0.339 e. The van der Waals surface area contributed by atoms with Crippen LogP contribution in [0.15, 0.2) is 54.6 Å². The van der Waals surface area contributed by atoms with Crippen LogP contribution in [-0.2, 0) is 16.0 Å². The van der Waals surface area contributed by atoms with Gasteiger partial charge in [-0.05, 0) is 17.7 Å². The third kappa shape index (κ3) is 5.80. The summed E-state index contributed by atoms with van der Waals surface area (Å²) >= 11 is 18.0. The van der Waals surface area contributed by atoms with E-state index < -0.39 is 15.9 Å². The van der Waals surface area contributed by atoms with Crippen molar-refractivity contribution in [2.75, 3.05) is 12.4 Å². The second kappa shape index (κ2) is 9.12. The van der Waals surface area contributed by atoms with E-state index in [1.165, 1.54) is 7.11 Å². The molecule has 0 aliphatic heterocycles. The van der Waals surface area contributed by atoms with Crippen LogP contribution in [0.3, 0.4) is 0 Å². The number of alkyl halides is 3. The number of esters is 1. The van der Waals surface area contributed by atoms with Crippen LogP contribution in [0.1, 0.15) is 15.9 Å². The maximum atomic E-state index is 12.3. The van der Waals surface area contributed by atoms with Gasteiger partial charge in [0.05, 0.1) is 24.8 Å². The van der Waals surface area contributed by atoms with Gasteiger partial charge in [0.25, 0.3) is 0 Å². The molecular formula is C18H17Cl3N2O3. The maximum absolute atomic E-state index is 12.3. The first kappa shape index (κ1) is 20.4. The minimum Gasteiger partial charge on any atom is -0.465 e. The summed E-state index contributed by atoms with van der Waals surface area (Å²) < 4.78 is 2.89. The highest BCUT2D eigenvalue weighted by molar-refractivity contribution is 6.68. The third-order valence-corrected chi connectivity index (χ3v) is 4.13. The Balaban J connectivity index is 2.16. The molecule has 0 saturated heterocycles. The quantitative estimate of drug-likeness (QED) is 0.426. The van der Waals surface area contributed by atoms with Crippen LogP contribution in [0.5, 0.6) is 0 Å². The summed E-state index contributed by atoms with van der Waals surface area (Å²) in [6, 6.07) is 15.7. The molecule has 2 aromatic rings. The van der Waals surface area contributed by atoms with E-state index in [4.69, 9.17) is 39.5 Å². The average Bonchev–Trinajstić information content (AvgIpc) is 2.61. The Kier molecular flexibility index (Phi) is 7.14. The van der Waals surface area contributed by atoms with Gasteiger partial charge in [0.15, 0.2) is 0 Å². The number of para-hydroxylation sites is 1. The molecule has 1 atom stereocenters. The molecule has 2 N–H and O–H groups in total. The molecule has 0 radical (unpaired) electrons. The molecule has 138 valence electrons. The minimum atomic E-state index is -1.85. The number of rotatable bonds is 6. The Labute approximate surface area is 166 Å². The Hall–Kier alpha value is -1.95. The minimum absolute atomic E-state index is 0.123. The summed E-state index contributed by atoms with van der Waals surface area (Å²) in [7, 11) is 1.27. The Morgan fingerprint density at radius 2 is 1.65 bits per heavy atom. The van der Waals surface area contributed by atoms with E-state index in [1.54, 1.807) is 24.3 Å². The van der Waals surface area contributed by atoms with Gasteiger partial charge >= 0.3 is 5.97 Å². The van der Waals surface area contributed by atoms with E-state index >= 15 is 0 Å². The van der Waals surface area contributed by atoms with E-state index in [9.17, 15) is 9.59 Å². The van der Waals surface area contributed by atoms with Gasteiger partial charge in [0.2, 0.25) is 9.70 Å². The van der Waals surface area contributed by atoms with Gasteiger partial charge in [-0.25, -0.2) is 4.79 Å². The van der Waals surface area contributed by atoms with Crippen molar-refractivity contribution >= 4 is 52.4 Å². The van der Waals surface area contributed by atoms with Crippen LogP contribution < -0.4 is 10.6 Å². The normalized spacial score (nSPS) is 12.2. The molecule has 0 saturated carbocycles. The molecule has 0 aliphatic carbocycles. The zero-order valence-corrected chi connectivity index (χ0v) is 16.1. The molecule has 0 bridgehead atoms. The topological polar surface area (TPSA) is 67.4 Å². The molecule has 0 aromatic heterocycles. The predicted octanol–water partition coefficient (Wildman–Crippen LogP) is 3.94. The molecule has 26 heavy (non-hydrogen) atoms. The number of anilines is 1. The predicted molar refractivity (Wildman–Crippen MR) is 104 cm³/mol. The van der Waals surface area contributed by atoms with Crippen molar-refractivity contribution in [1.29, 1.82) is 0 Å². The highest BCUT2D eigenvalue weighted by Crippen LogP contribution is 2.32. The summed E-state index contributed by atoms with van der Waals surface area (Å²) in [6.07, 6.45) is -0.937. The second-order valence-electron chi connectivity index (χ2n) is 5.39. The van der Waals surface area contributed by atoms with Gasteiger partial charge in [-0.3, -0.25) is 4.79 Å². The lowest BCUT2D eigenvalue weighted by molar-refractivity contribution is -0.120. The zero-order valence-electron chi connectivity index (χ0n) is 13.8. The maximum Gasteiger partial charge on any atom is 0.339 e. The van der Waals surface area contributed by atoms with Crippen molar-refractivity contribution in [3.63, 3.8) is 0 Å². The molecule has 8 heteroatoms. The highest BCUT2D eigenvalue weighted by Gasteiger charge is 2.34. The number of amides is 1. The second-order valence-corrected chi connectivity index (χ2v) is 7.75. The first-order chi connectivity index (χ1) is 12.3. The lowest BCUT2D eigenvalue weighted by Crippen LogP contribution is -2.49. The van der Waals surface area contributed by atoms with Crippen molar-refractivity contribution in [2.45, 2.75) is 16.4 Å². The van der Waals surface area contributed by atoms with E-state index in [1.807, 2.05) is 30.3 Å². The zero-order chi connectivity index (χ0) is 19.2. The SMILES string of the molecule is COC(=O)c1ccccc1N[C@@H](NC(=O)Cc1ccccc1)C(Cl)(Cl)Cl. The molecule has 0 heterocycles. The van der Waals surface area contributed by atoms with Crippen LogP contribution >= 0.6 is 34.8 Å². The lowest BCUT2D eigenvalue weighted by Gasteiger charge is -2.28. The molecule has 0 aliphatic rings. The van der Waals surface area contributed by atoms with E-state index in [0.29, 0.717) is 5.69 Å². The van der Waals surface area contributed by atoms with E-state index in [2.05, 4.69) is 10.6 Å². The molecule has 0 unspecified atom stereocenters. The summed E-state index contributed by atoms with van der Waals surface area (Å²) in [6.45, 7) is 0. The van der Waals surface area contributed by atoms with Crippen LogP contribution in [0, 0.1) is 0 Å². The van der Waals surface area contributed by atoms with Crippen molar-refractivity contribution in [3.8, 4) is 0 Å². The van der Waals surface area contributed by atoms with Gasteiger partial charge in [-0.2, -0.15) is 0 Å². The molecule has 0 spiro atoms. The number of hydrogen-bond acceptors (Lipinski definition) is 4. The first-order valence-corrected chi connectivity index (χ1v) is 8.78. The molecule has 1 amide bonds. The first-order valence-electron chi connectivity index (χ1n) is 7.65. The number of halogens is 3. The van der Waals surface area contributed by atoms with Gasteiger partial charge < -0.3 is 15.4 Å². The standard InChI is InChI=1S/C18H17Cl3N2O3/c1-26-16(25)13-9-5-6-10-14(13)22-17(18(19,20)21)23-15(24)11-12-7-3-2-4-8-12/h2-10,17,22H,11H2,1H3,(H,23,24)/t17-/m0/s1. The fourth-order valence-electron chi connectivity index (χ4n) is 2.25. The summed E-state index contributed by atoms with van der Waals surface area (Å²) in [5.41, 5.74) is 1.45. The summed E-state index contributed by atoms with van der Waals surface area (Å²) in [4.78, 5) is 24.2. The number of carbonyl (C=O) groups is 2. The Morgan fingerprint density at radius 1 is 1.04 bits per heavy atom. The summed E-state index contributed by atoms with van der Waals surface area (Å²) in [5, 5.41) is 5.53. The van der Waals surface area contributed by atoms with Crippen LogP contribution in [-0.4, -0.2) is 28.9 Å². The highest BCUT2D eigenvalue weighted by atomic mass is 35.6. The van der Waals surface area contributed by atoms with Gasteiger partial charge in [0.1, 0.15) is 6.17 Å². The van der Waals surface area contributed by atoms with Gasteiger partial charge in [-0.1, -0.05) is 77.3 Å². The van der Waals surface area contributed by atoms with Crippen molar-refractivity contribution in [1.82, 2.24) is 5.32 Å². The molecule has 2 rings (SSSR count).